The molecule has 1 saturated heterocycles. The van der Waals surface area contributed by atoms with Crippen LogP contribution in [0.4, 0.5) is 0 Å². The van der Waals surface area contributed by atoms with E-state index in [2.05, 4.69) is 11.9 Å². The maximum Gasteiger partial charge on any atom is 0.0817 e. The molecule has 1 aliphatic heterocycles. The van der Waals surface area contributed by atoms with Crippen molar-refractivity contribution in [3.8, 4) is 0 Å². The first-order chi connectivity index (χ1) is 8.16. The van der Waals surface area contributed by atoms with Crippen LogP contribution in [0.25, 0.3) is 0 Å². The van der Waals surface area contributed by atoms with Crippen molar-refractivity contribution in [2.24, 2.45) is 0 Å². The molecule has 1 heterocycles. The summed E-state index contributed by atoms with van der Waals surface area (Å²) >= 11 is 0. The second-order valence-corrected chi connectivity index (χ2v) is 5.21. The number of rotatable bonds is 8. The third-order valence-corrected chi connectivity index (χ3v) is 3.44. The average molecular weight is 245 g/mol. The molecule has 0 aromatic carbocycles. The number of hydrogen-bond acceptors (Lipinski definition) is 4. The van der Waals surface area contributed by atoms with Gasteiger partial charge in [0, 0.05) is 39.2 Å². The summed E-state index contributed by atoms with van der Waals surface area (Å²) in [5.41, 5.74) is -0.544. The van der Waals surface area contributed by atoms with Gasteiger partial charge in [0.2, 0.25) is 0 Å². The maximum absolute atomic E-state index is 10.3. The Bertz CT molecular complexity index is 193. The first kappa shape index (κ1) is 14.9. The lowest BCUT2D eigenvalue weighted by Crippen LogP contribution is -2.45. The highest BCUT2D eigenvalue weighted by molar-refractivity contribution is 4.83. The second kappa shape index (κ2) is 8.03. The molecule has 0 spiro atoms. The van der Waals surface area contributed by atoms with Crippen molar-refractivity contribution >= 4 is 0 Å². The van der Waals surface area contributed by atoms with E-state index >= 15 is 0 Å². The quantitative estimate of drug-likeness (QED) is 0.627. The molecular weight excluding hydrogens is 218 g/mol. The van der Waals surface area contributed by atoms with Crippen molar-refractivity contribution < 1.29 is 14.9 Å². The van der Waals surface area contributed by atoms with E-state index < -0.39 is 5.60 Å². The average Bonchev–Trinajstić information content (AvgIpc) is 2.29. The van der Waals surface area contributed by atoms with E-state index in [1.54, 1.807) is 0 Å². The summed E-state index contributed by atoms with van der Waals surface area (Å²) in [6.07, 6.45) is 5.81. The van der Waals surface area contributed by atoms with E-state index in [0.29, 0.717) is 19.8 Å². The first-order valence-electron chi connectivity index (χ1n) is 6.76. The lowest BCUT2D eigenvalue weighted by Gasteiger charge is -2.35. The lowest BCUT2D eigenvalue weighted by molar-refractivity contribution is -0.0769. The molecule has 0 radical (unpaired) electrons. The minimum atomic E-state index is -0.544. The van der Waals surface area contributed by atoms with Crippen molar-refractivity contribution in [2.75, 3.05) is 40.0 Å². The number of likely N-dealkylation sites (N-methyl/N-ethyl adjacent to an activating group) is 1. The van der Waals surface area contributed by atoms with Crippen LogP contribution >= 0.6 is 0 Å². The molecule has 4 nitrogen and oxygen atoms in total. The van der Waals surface area contributed by atoms with Crippen LogP contribution in [-0.4, -0.2) is 60.7 Å². The number of aliphatic hydroxyl groups is 2. The zero-order chi connectivity index (χ0) is 12.6. The Labute approximate surface area is 105 Å². The summed E-state index contributed by atoms with van der Waals surface area (Å²) in [6.45, 7) is 3.43. The third kappa shape index (κ3) is 6.36. The lowest BCUT2D eigenvalue weighted by atomic mass is 9.94. The molecule has 0 aromatic heterocycles. The van der Waals surface area contributed by atoms with E-state index in [-0.39, 0.29) is 0 Å². The molecule has 1 aliphatic rings. The fraction of sp³-hybridized carbons (Fsp3) is 1.00. The van der Waals surface area contributed by atoms with E-state index in [0.717, 1.165) is 51.6 Å². The Balaban J connectivity index is 2.08. The minimum Gasteiger partial charge on any atom is -0.396 e. The normalized spacial score (nSPS) is 19.8. The van der Waals surface area contributed by atoms with Crippen LogP contribution in [0.15, 0.2) is 0 Å². The molecule has 0 unspecified atom stereocenters. The van der Waals surface area contributed by atoms with Gasteiger partial charge in [-0.15, -0.1) is 0 Å². The van der Waals surface area contributed by atoms with Gasteiger partial charge < -0.3 is 19.8 Å². The molecule has 102 valence electrons. The number of aliphatic hydroxyl groups excluding tert-OH is 1. The van der Waals surface area contributed by atoms with E-state index in [9.17, 15) is 5.11 Å². The van der Waals surface area contributed by atoms with Crippen LogP contribution < -0.4 is 0 Å². The molecule has 0 aliphatic carbocycles. The van der Waals surface area contributed by atoms with Crippen LogP contribution in [0.1, 0.15) is 38.5 Å². The molecule has 2 N–H and O–H groups in total. The topological polar surface area (TPSA) is 52.9 Å². The van der Waals surface area contributed by atoms with Crippen LogP contribution in [-0.2, 0) is 4.74 Å². The molecule has 0 bridgehead atoms. The van der Waals surface area contributed by atoms with Gasteiger partial charge in [-0.25, -0.2) is 0 Å². The molecule has 0 amide bonds. The summed E-state index contributed by atoms with van der Waals surface area (Å²) < 4.78 is 5.27. The van der Waals surface area contributed by atoms with Gasteiger partial charge >= 0.3 is 0 Å². The Hall–Kier alpha value is -0.160. The van der Waals surface area contributed by atoms with Gasteiger partial charge in [0.15, 0.2) is 0 Å². The van der Waals surface area contributed by atoms with Crippen LogP contribution in [0.5, 0.6) is 0 Å². The Morgan fingerprint density at radius 1 is 1.12 bits per heavy atom. The van der Waals surface area contributed by atoms with Gasteiger partial charge in [0.1, 0.15) is 0 Å². The second-order valence-electron chi connectivity index (χ2n) is 5.21. The van der Waals surface area contributed by atoms with Gasteiger partial charge in [0.05, 0.1) is 5.60 Å². The molecule has 1 fully saturated rings. The minimum absolute atomic E-state index is 0.301. The SMILES string of the molecule is CN(CCCCCCO)CC1(O)CCOCC1. The van der Waals surface area contributed by atoms with Crippen molar-refractivity contribution in [3.05, 3.63) is 0 Å². The predicted molar refractivity (Wildman–Crippen MR) is 68.1 cm³/mol. The molecule has 0 atom stereocenters. The third-order valence-electron chi connectivity index (χ3n) is 3.44. The fourth-order valence-electron chi connectivity index (χ4n) is 2.34. The van der Waals surface area contributed by atoms with Gasteiger partial charge in [-0.3, -0.25) is 0 Å². The number of nitrogens with zero attached hydrogens (tertiary/aromatic N) is 1. The van der Waals surface area contributed by atoms with Crippen LogP contribution in [0.3, 0.4) is 0 Å². The Morgan fingerprint density at radius 2 is 1.76 bits per heavy atom. The van der Waals surface area contributed by atoms with Gasteiger partial charge in [-0.2, -0.15) is 0 Å². The first-order valence-corrected chi connectivity index (χ1v) is 6.76. The highest BCUT2D eigenvalue weighted by Crippen LogP contribution is 2.21. The summed E-state index contributed by atoms with van der Waals surface area (Å²) in [4.78, 5) is 2.21. The smallest absolute Gasteiger partial charge is 0.0817 e. The fourth-order valence-corrected chi connectivity index (χ4v) is 2.34. The maximum atomic E-state index is 10.3. The summed E-state index contributed by atoms with van der Waals surface area (Å²) in [5.74, 6) is 0. The zero-order valence-corrected chi connectivity index (χ0v) is 11.0. The Morgan fingerprint density at radius 3 is 2.41 bits per heavy atom. The van der Waals surface area contributed by atoms with Crippen molar-refractivity contribution in [2.45, 2.75) is 44.1 Å². The molecule has 4 heteroatoms. The van der Waals surface area contributed by atoms with Gasteiger partial charge in [-0.1, -0.05) is 12.8 Å². The van der Waals surface area contributed by atoms with Gasteiger partial charge in [-0.05, 0) is 26.4 Å². The summed E-state index contributed by atoms with van der Waals surface area (Å²) in [7, 11) is 2.07. The molecule has 17 heavy (non-hydrogen) atoms. The van der Waals surface area contributed by atoms with Crippen LogP contribution in [0.2, 0.25) is 0 Å². The molecular formula is C13H27NO3. The Kier molecular flexibility index (Phi) is 7.04. The van der Waals surface area contributed by atoms with E-state index in [4.69, 9.17) is 9.84 Å². The van der Waals surface area contributed by atoms with Crippen LogP contribution in [0, 0.1) is 0 Å². The van der Waals surface area contributed by atoms with E-state index in [1.165, 1.54) is 0 Å². The van der Waals surface area contributed by atoms with E-state index in [1.807, 2.05) is 0 Å². The largest absolute Gasteiger partial charge is 0.396 e. The molecule has 0 aromatic rings. The highest BCUT2D eigenvalue weighted by Gasteiger charge is 2.30. The predicted octanol–water partition coefficient (Wildman–Crippen LogP) is 1.01. The highest BCUT2D eigenvalue weighted by atomic mass is 16.5. The number of hydrogen-bond donors (Lipinski definition) is 2. The summed E-state index contributed by atoms with van der Waals surface area (Å²) in [5, 5.41) is 19.0. The van der Waals surface area contributed by atoms with Crippen molar-refractivity contribution in [1.29, 1.82) is 0 Å². The van der Waals surface area contributed by atoms with Crippen molar-refractivity contribution in [3.63, 3.8) is 0 Å². The number of ether oxygens (including phenoxy) is 1. The monoisotopic (exact) mass is 245 g/mol. The number of unbranched alkanes of at least 4 members (excludes halogenated alkanes) is 3. The summed E-state index contributed by atoms with van der Waals surface area (Å²) in [6, 6.07) is 0. The zero-order valence-electron chi connectivity index (χ0n) is 11.0. The molecule has 1 rings (SSSR count). The molecule has 0 saturated carbocycles. The van der Waals surface area contributed by atoms with Gasteiger partial charge in [0.25, 0.3) is 0 Å². The standard InChI is InChI=1S/C13H27NO3/c1-14(8-4-2-3-5-9-15)12-13(16)6-10-17-11-7-13/h15-16H,2-12H2,1H3. The van der Waals surface area contributed by atoms with Crippen molar-refractivity contribution in [1.82, 2.24) is 4.90 Å².